The minimum atomic E-state index is -0.145. The van der Waals surface area contributed by atoms with E-state index in [9.17, 15) is 9.90 Å². The number of hydrogen-bond acceptors (Lipinski definition) is 4. The zero-order valence-electron chi connectivity index (χ0n) is 8.10. The summed E-state index contributed by atoms with van der Waals surface area (Å²) < 4.78 is 4.88. The molecule has 0 spiro atoms. The van der Waals surface area contributed by atoms with E-state index in [1.54, 1.807) is 6.07 Å². The van der Waals surface area contributed by atoms with Gasteiger partial charge in [-0.3, -0.25) is 4.79 Å². The van der Waals surface area contributed by atoms with Gasteiger partial charge in [0.2, 0.25) is 0 Å². The number of carbonyl (C=O) groups excluding carboxylic acids is 1. The van der Waals surface area contributed by atoms with Crippen molar-refractivity contribution in [3.05, 3.63) is 29.3 Å². The number of methoxy groups -OCH3 is 1. The molecular weight excluding hydrogens is 194 g/mol. The van der Waals surface area contributed by atoms with Crippen molar-refractivity contribution >= 4 is 12.4 Å². The predicted molar refractivity (Wildman–Crippen MR) is 54.7 cm³/mol. The van der Waals surface area contributed by atoms with Crippen LogP contribution in [0.15, 0.2) is 18.2 Å². The molecule has 4 nitrogen and oxygen atoms in total. The van der Waals surface area contributed by atoms with Crippen LogP contribution in [0.3, 0.4) is 0 Å². The third-order valence-electron chi connectivity index (χ3n) is 1.89. The Morgan fingerprint density at radius 2 is 2.27 bits per heavy atom. The Morgan fingerprint density at radius 3 is 2.80 bits per heavy atom. The van der Waals surface area contributed by atoms with Crippen LogP contribution >= 0.6 is 0 Å². The van der Waals surface area contributed by atoms with E-state index in [2.05, 4.69) is 0 Å². The minimum Gasteiger partial charge on any atom is -0.504 e. The van der Waals surface area contributed by atoms with E-state index in [-0.39, 0.29) is 17.1 Å². The largest absolute Gasteiger partial charge is 0.504 e. The summed E-state index contributed by atoms with van der Waals surface area (Å²) in [5, 5.41) is 18.1. The Labute approximate surface area is 87.0 Å². The molecule has 15 heavy (non-hydrogen) atoms. The lowest BCUT2D eigenvalue weighted by Crippen LogP contribution is -1.91. The fourth-order valence-corrected chi connectivity index (χ4v) is 1.17. The van der Waals surface area contributed by atoms with Gasteiger partial charge in [-0.15, -0.1) is 0 Å². The molecule has 0 aliphatic carbocycles. The van der Waals surface area contributed by atoms with E-state index in [1.165, 1.54) is 31.4 Å². The van der Waals surface area contributed by atoms with Gasteiger partial charge in [0, 0.05) is 17.2 Å². The minimum absolute atomic E-state index is 0.145. The van der Waals surface area contributed by atoms with E-state index >= 15 is 0 Å². The van der Waals surface area contributed by atoms with Gasteiger partial charge in [0.25, 0.3) is 0 Å². The molecule has 0 fully saturated rings. The van der Waals surface area contributed by atoms with Crippen molar-refractivity contribution in [3.8, 4) is 17.6 Å². The van der Waals surface area contributed by atoms with Gasteiger partial charge in [0.05, 0.1) is 13.2 Å². The molecule has 1 aromatic rings. The average molecular weight is 203 g/mol. The van der Waals surface area contributed by atoms with Crippen LogP contribution < -0.4 is 4.74 Å². The first-order valence-electron chi connectivity index (χ1n) is 4.16. The van der Waals surface area contributed by atoms with Gasteiger partial charge in [-0.25, -0.2) is 0 Å². The number of nitrogens with zero attached hydrogens (tertiary/aromatic N) is 1. The third kappa shape index (κ3) is 2.15. The summed E-state index contributed by atoms with van der Waals surface area (Å²) in [6.45, 7) is 0. The molecule has 0 aliphatic rings. The molecule has 76 valence electrons. The molecule has 4 heteroatoms. The van der Waals surface area contributed by atoms with Crippen LogP contribution in [0.25, 0.3) is 6.08 Å². The molecule has 0 bridgehead atoms. The summed E-state index contributed by atoms with van der Waals surface area (Å²) in [5.74, 6) is 0.117. The lowest BCUT2D eigenvalue weighted by atomic mass is 10.1. The van der Waals surface area contributed by atoms with Crippen LogP contribution in [0.1, 0.15) is 15.9 Å². The second-order valence-corrected chi connectivity index (χ2v) is 2.70. The van der Waals surface area contributed by atoms with Crippen molar-refractivity contribution in [2.45, 2.75) is 0 Å². The van der Waals surface area contributed by atoms with Gasteiger partial charge in [-0.05, 0) is 18.2 Å². The number of ether oxygens (including phenoxy) is 1. The molecule has 0 saturated carbocycles. The molecule has 1 N–H and O–H groups in total. The predicted octanol–water partition coefficient (Wildman–Crippen LogP) is 1.75. The molecule has 0 radical (unpaired) electrons. The Bertz CT molecular complexity index is 444. The smallest absolute Gasteiger partial charge is 0.165 e. The van der Waals surface area contributed by atoms with Gasteiger partial charge >= 0.3 is 0 Å². The lowest BCUT2D eigenvalue weighted by Gasteiger charge is -2.07. The maximum atomic E-state index is 10.7. The van der Waals surface area contributed by atoms with Crippen molar-refractivity contribution in [3.63, 3.8) is 0 Å². The zero-order chi connectivity index (χ0) is 11.3. The molecular formula is C11H9NO3. The van der Waals surface area contributed by atoms with Crippen molar-refractivity contribution in [2.75, 3.05) is 7.11 Å². The highest BCUT2D eigenvalue weighted by molar-refractivity contribution is 5.85. The third-order valence-corrected chi connectivity index (χ3v) is 1.89. The van der Waals surface area contributed by atoms with Crippen molar-refractivity contribution < 1.29 is 14.6 Å². The van der Waals surface area contributed by atoms with E-state index in [4.69, 9.17) is 10.00 Å². The van der Waals surface area contributed by atoms with Crippen molar-refractivity contribution in [1.82, 2.24) is 0 Å². The average Bonchev–Trinajstić information content (AvgIpc) is 2.27. The molecule has 0 amide bonds. The second-order valence-electron chi connectivity index (χ2n) is 2.70. The van der Waals surface area contributed by atoms with Crippen LogP contribution in [-0.2, 0) is 0 Å². The summed E-state index contributed by atoms with van der Waals surface area (Å²) in [4.78, 5) is 10.7. The fraction of sp³-hybridized carbons (Fsp3) is 0.0909. The standard InChI is InChI=1S/C11H9NO3/c1-15-10-5-4-8(7-13)9(11(10)14)3-2-6-12/h2-5,7,14H,1H3. The monoisotopic (exact) mass is 203 g/mol. The number of aldehydes is 1. The van der Waals surface area contributed by atoms with Gasteiger partial charge in [0.15, 0.2) is 17.8 Å². The Balaban J connectivity index is 3.36. The Hall–Kier alpha value is -2.28. The highest BCUT2D eigenvalue weighted by Gasteiger charge is 2.09. The van der Waals surface area contributed by atoms with E-state index in [0.29, 0.717) is 11.8 Å². The molecule has 1 aromatic carbocycles. The van der Waals surface area contributed by atoms with E-state index in [1.807, 2.05) is 0 Å². The summed E-state index contributed by atoms with van der Waals surface area (Å²) in [7, 11) is 1.41. The van der Waals surface area contributed by atoms with Crippen LogP contribution in [-0.4, -0.2) is 18.5 Å². The summed E-state index contributed by atoms with van der Waals surface area (Å²) in [5.41, 5.74) is 0.589. The molecule has 0 saturated heterocycles. The number of phenolic OH excluding ortho intramolecular Hbond substituents is 1. The number of phenols is 1. The second kappa shape index (κ2) is 4.82. The van der Waals surface area contributed by atoms with Crippen LogP contribution in [0.5, 0.6) is 11.5 Å². The highest BCUT2D eigenvalue weighted by Crippen LogP contribution is 2.32. The van der Waals surface area contributed by atoms with Crippen LogP contribution in [0, 0.1) is 11.3 Å². The number of rotatable bonds is 3. The number of allylic oxidation sites excluding steroid dienone is 1. The maximum absolute atomic E-state index is 10.7. The summed E-state index contributed by atoms with van der Waals surface area (Å²) >= 11 is 0. The zero-order valence-corrected chi connectivity index (χ0v) is 8.10. The topological polar surface area (TPSA) is 70.3 Å². The highest BCUT2D eigenvalue weighted by atomic mass is 16.5. The van der Waals surface area contributed by atoms with Crippen LogP contribution in [0.2, 0.25) is 0 Å². The van der Waals surface area contributed by atoms with Crippen molar-refractivity contribution in [2.24, 2.45) is 0 Å². The lowest BCUT2D eigenvalue weighted by molar-refractivity contribution is 0.112. The first-order chi connectivity index (χ1) is 7.24. The van der Waals surface area contributed by atoms with Gasteiger partial charge in [-0.1, -0.05) is 0 Å². The fourth-order valence-electron chi connectivity index (χ4n) is 1.17. The Kier molecular flexibility index (Phi) is 3.47. The van der Waals surface area contributed by atoms with Gasteiger partial charge in [-0.2, -0.15) is 5.26 Å². The maximum Gasteiger partial charge on any atom is 0.165 e. The van der Waals surface area contributed by atoms with E-state index in [0.717, 1.165) is 0 Å². The van der Waals surface area contributed by atoms with Crippen LogP contribution in [0.4, 0.5) is 0 Å². The Morgan fingerprint density at radius 1 is 1.53 bits per heavy atom. The molecule has 0 aromatic heterocycles. The number of carbonyl (C=O) groups is 1. The van der Waals surface area contributed by atoms with Gasteiger partial charge in [0.1, 0.15) is 0 Å². The van der Waals surface area contributed by atoms with E-state index < -0.39 is 0 Å². The van der Waals surface area contributed by atoms with Crippen molar-refractivity contribution in [1.29, 1.82) is 5.26 Å². The number of benzene rings is 1. The molecule has 0 heterocycles. The normalized spacial score (nSPS) is 9.87. The first-order valence-corrected chi connectivity index (χ1v) is 4.16. The molecule has 0 aliphatic heterocycles. The summed E-state index contributed by atoms with van der Waals surface area (Å²) in [6.07, 6.45) is 3.15. The quantitative estimate of drug-likeness (QED) is 0.600. The SMILES string of the molecule is COc1ccc(C=O)c(C=CC#N)c1O. The van der Waals surface area contributed by atoms with Gasteiger partial charge < -0.3 is 9.84 Å². The number of aromatic hydroxyl groups is 1. The first kappa shape index (κ1) is 10.8. The molecule has 0 atom stereocenters. The summed E-state index contributed by atoms with van der Waals surface area (Å²) in [6, 6.07) is 4.79. The molecule has 1 rings (SSSR count). The number of nitriles is 1. The molecule has 0 unspecified atom stereocenters. The number of hydrogen-bond donors (Lipinski definition) is 1.